The Kier molecular flexibility index (Phi) is 6.10. The zero-order valence-electron chi connectivity index (χ0n) is 12.6. The van der Waals surface area contributed by atoms with Crippen LogP contribution in [0.15, 0.2) is 24.3 Å². The number of halogens is 3. The lowest BCUT2D eigenvalue weighted by atomic mass is 10.2. The van der Waals surface area contributed by atoms with E-state index in [2.05, 4.69) is 5.32 Å². The second-order valence-corrected chi connectivity index (χ2v) is 5.89. The number of anilines is 1. The van der Waals surface area contributed by atoms with Crippen LogP contribution in [0.1, 0.15) is 12.5 Å². The average molecular weight is 377 g/mol. The van der Waals surface area contributed by atoms with Gasteiger partial charge in [0.2, 0.25) is 0 Å². The van der Waals surface area contributed by atoms with Gasteiger partial charge in [-0.2, -0.15) is 0 Å². The van der Waals surface area contributed by atoms with E-state index < -0.39 is 0 Å². The molecule has 0 heterocycles. The van der Waals surface area contributed by atoms with Crippen molar-refractivity contribution in [3.63, 3.8) is 0 Å². The molecule has 0 fully saturated rings. The molecule has 0 amide bonds. The molecule has 0 aliphatic heterocycles. The van der Waals surface area contributed by atoms with Gasteiger partial charge >= 0.3 is 0 Å². The number of benzene rings is 2. The molecule has 0 aromatic heterocycles. The minimum Gasteiger partial charge on any atom is -0.505 e. The first-order valence-corrected chi connectivity index (χ1v) is 8.00. The molecular weight excluding hydrogens is 361 g/mol. The number of hydrogen-bond acceptors (Lipinski definition) is 4. The fourth-order valence-electron chi connectivity index (χ4n) is 2.01. The van der Waals surface area contributed by atoms with Crippen LogP contribution in [0.5, 0.6) is 17.2 Å². The van der Waals surface area contributed by atoms with E-state index in [1.807, 2.05) is 13.0 Å². The third-order valence-corrected chi connectivity index (χ3v) is 4.06. The molecule has 0 atom stereocenters. The quantitative estimate of drug-likeness (QED) is 0.665. The maximum Gasteiger partial charge on any atom is 0.162 e. The summed E-state index contributed by atoms with van der Waals surface area (Å²) in [5.41, 5.74) is 1.50. The molecule has 124 valence electrons. The van der Waals surface area contributed by atoms with Gasteiger partial charge in [0.25, 0.3) is 0 Å². The zero-order chi connectivity index (χ0) is 17.0. The highest BCUT2D eigenvalue weighted by Gasteiger charge is 2.11. The number of ether oxygens (including phenoxy) is 2. The molecule has 0 saturated carbocycles. The molecule has 2 rings (SSSR count). The van der Waals surface area contributed by atoms with Gasteiger partial charge in [0.05, 0.1) is 23.8 Å². The van der Waals surface area contributed by atoms with Crippen molar-refractivity contribution in [2.24, 2.45) is 0 Å². The standard InChI is InChI=1S/C16H16Cl3NO3/c1-3-23-15-4-9(11(17)7-14(15)22-2)8-20-10-5-12(18)16(21)13(19)6-10/h4-7,20-21H,3,8H2,1-2H3. The minimum absolute atomic E-state index is 0.139. The Morgan fingerprint density at radius 1 is 1.00 bits per heavy atom. The molecule has 0 unspecified atom stereocenters. The van der Waals surface area contributed by atoms with E-state index in [4.69, 9.17) is 44.3 Å². The molecule has 0 spiro atoms. The molecule has 7 heteroatoms. The van der Waals surface area contributed by atoms with Crippen molar-refractivity contribution in [3.05, 3.63) is 44.9 Å². The Balaban J connectivity index is 2.21. The summed E-state index contributed by atoms with van der Waals surface area (Å²) in [6, 6.07) is 6.70. The lowest BCUT2D eigenvalue weighted by Gasteiger charge is -2.14. The van der Waals surface area contributed by atoms with Crippen LogP contribution in [-0.4, -0.2) is 18.8 Å². The fourth-order valence-corrected chi connectivity index (χ4v) is 2.71. The van der Waals surface area contributed by atoms with Gasteiger partial charge in [0, 0.05) is 23.3 Å². The number of phenols is 1. The van der Waals surface area contributed by atoms with Gasteiger partial charge < -0.3 is 19.9 Å². The van der Waals surface area contributed by atoms with Crippen LogP contribution in [-0.2, 0) is 6.54 Å². The predicted octanol–water partition coefficient (Wildman–Crippen LogP) is 5.37. The van der Waals surface area contributed by atoms with Crippen molar-refractivity contribution in [3.8, 4) is 17.2 Å². The normalized spacial score (nSPS) is 10.5. The Bertz CT molecular complexity index is 684. The van der Waals surface area contributed by atoms with E-state index in [0.717, 1.165) is 5.56 Å². The lowest BCUT2D eigenvalue weighted by molar-refractivity contribution is 0.310. The van der Waals surface area contributed by atoms with Crippen molar-refractivity contribution in [1.82, 2.24) is 0 Å². The van der Waals surface area contributed by atoms with E-state index in [-0.39, 0.29) is 15.8 Å². The largest absolute Gasteiger partial charge is 0.505 e. The van der Waals surface area contributed by atoms with Gasteiger partial charge in [0.15, 0.2) is 17.2 Å². The number of phenolic OH excluding ortho intramolecular Hbond substituents is 1. The van der Waals surface area contributed by atoms with E-state index in [1.165, 1.54) is 0 Å². The van der Waals surface area contributed by atoms with Crippen LogP contribution in [0.4, 0.5) is 5.69 Å². The second kappa shape index (κ2) is 7.86. The smallest absolute Gasteiger partial charge is 0.162 e. The molecule has 0 radical (unpaired) electrons. The van der Waals surface area contributed by atoms with Crippen LogP contribution in [0.2, 0.25) is 15.1 Å². The third kappa shape index (κ3) is 4.28. The first-order valence-electron chi connectivity index (χ1n) is 6.87. The molecular formula is C16H16Cl3NO3. The Hall–Kier alpha value is -1.49. The van der Waals surface area contributed by atoms with Gasteiger partial charge in [-0.25, -0.2) is 0 Å². The van der Waals surface area contributed by atoms with Crippen LogP contribution in [0.3, 0.4) is 0 Å². The van der Waals surface area contributed by atoms with Crippen molar-refractivity contribution in [2.75, 3.05) is 19.0 Å². The van der Waals surface area contributed by atoms with Crippen molar-refractivity contribution < 1.29 is 14.6 Å². The summed E-state index contributed by atoms with van der Waals surface area (Å²) in [4.78, 5) is 0. The minimum atomic E-state index is -0.139. The first kappa shape index (κ1) is 17.9. The summed E-state index contributed by atoms with van der Waals surface area (Å²) in [6.07, 6.45) is 0. The monoisotopic (exact) mass is 375 g/mol. The summed E-state index contributed by atoms with van der Waals surface area (Å²) in [5.74, 6) is 1.06. The predicted molar refractivity (Wildman–Crippen MR) is 94.6 cm³/mol. The van der Waals surface area contributed by atoms with Gasteiger partial charge in [0.1, 0.15) is 0 Å². The fraction of sp³-hybridized carbons (Fsp3) is 0.250. The maximum absolute atomic E-state index is 9.57. The molecule has 0 saturated heterocycles. The Morgan fingerprint density at radius 3 is 2.22 bits per heavy atom. The number of methoxy groups -OCH3 is 1. The Labute approximate surface area is 149 Å². The van der Waals surface area contributed by atoms with E-state index >= 15 is 0 Å². The molecule has 2 aromatic rings. The topological polar surface area (TPSA) is 50.7 Å². The number of rotatable bonds is 6. The summed E-state index contributed by atoms with van der Waals surface area (Å²) in [5, 5.41) is 13.6. The zero-order valence-corrected chi connectivity index (χ0v) is 14.9. The highest BCUT2D eigenvalue weighted by molar-refractivity contribution is 6.37. The molecule has 0 bridgehead atoms. The lowest BCUT2D eigenvalue weighted by Crippen LogP contribution is -2.02. The third-order valence-electron chi connectivity index (χ3n) is 3.13. The summed E-state index contributed by atoms with van der Waals surface area (Å²) in [6.45, 7) is 2.85. The highest BCUT2D eigenvalue weighted by atomic mass is 35.5. The van der Waals surface area contributed by atoms with Crippen molar-refractivity contribution in [1.29, 1.82) is 0 Å². The highest BCUT2D eigenvalue weighted by Crippen LogP contribution is 2.36. The molecule has 23 heavy (non-hydrogen) atoms. The van der Waals surface area contributed by atoms with Crippen molar-refractivity contribution in [2.45, 2.75) is 13.5 Å². The molecule has 4 nitrogen and oxygen atoms in total. The van der Waals surface area contributed by atoms with Crippen LogP contribution < -0.4 is 14.8 Å². The number of nitrogens with one attached hydrogen (secondary N) is 1. The number of aromatic hydroxyl groups is 1. The summed E-state index contributed by atoms with van der Waals surface area (Å²) >= 11 is 18.1. The van der Waals surface area contributed by atoms with Crippen LogP contribution in [0.25, 0.3) is 0 Å². The van der Waals surface area contributed by atoms with Crippen molar-refractivity contribution >= 4 is 40.5 Å². The van der Waals surface area contributed by atoms with E-state index in [9.17, 15) is 5.11 Å². The summed E-state index contributed by atoms with van der Waals surface area (Å²) in [7, 11) is 1.56. The second-order valence-electron chi connectivity index (χ2n) is 4.67. The maximum atomic E-state index is 9.57. The van der Waals surface area contributed by atoms with Crippen LogP contribution in [0, 0.1) is 0 Å². The molecule has 2 aromatic carbocycles. The first-order chi connectivity index (χ1) is 11.0. The SMILES string of the molecule is CCOc1cc(CNc2cc(Cl)c(O)c(Cl)c2)c(Cl)cc1OC. The molecule has 2 N–H and O–H groups in total. The summed E-state index contributed by atoms with van der Waals surface area (Å²) < 4.78 is 10.8. The average Bonchev–Trinajstić information content (AvgIpc) is 2.52. The van der Waals surface area contributed by atoms with Gasteiger partial charge in [-0.1, -0.05) is 34.8 Å². The molecule has 0 aliphatic carbocycles. The van der Waals surface area contributed by atoms with Gasteiger partial charge in [-0.15, -0.1) is 0 Å². The molecule has 0 aliphatic rings. The van der Waals surface area contributed by atoms with Gasteiger partial charge in [-0.3, -0.25) is 0 Å². The Morgan fingerprint density at radius 2 is 1.65 bits per heavy atom. The van der Waals surface area contributed by atoms with Gasteiger partial charge in [-0.05, 0) is 30.7 Å². The van der Waals surface area contributed by atoms with Crippen LogP contribution >= 0.6 is 34.8 Å². The number of hydrogen-bond donors (Lipinski definition) is 2. The van der Waals surface area contributed by atoms with E-state index in [0.29, 0.717) is 35.4 Å². The van der Waals surface area contributed by atoms with E-state index in [1.54, 1.807) is 25.3 Å².